The Hall–Kier alpha value is -1.37. The lowest BCUT2D eigenvalue weighted by atomic mass is 9.87. The van der Waals surface area contributed by atoms with Gasteiger partial charge in [0.15, 0.2) is 0 Å². The zero-order valence-electron chi connectivity index (χ0n) is 12.1. The number of hydrogen-bond donors (Lipinski definition) is 1. The van der Waals surface area contributed by atoms with Gasteiger partial charge in [-0.2, -0.15) is 0 Å². The summed E-state index contributed by atoms with van der Waals surface area (Å²) in [7, 11) is 0. The van der Waals surface area contributed by atoms with Gasteiger partial charge in [-0.25, -0.2) is 0 Å². The van der Waals surface area contributed by atoms with Gasteiger partial charge in [0.1, 0.15) is 12.4 Å². The van der Waals surface area contributed by atoms with Crippen molar-refractivity contribution in [2.75, 3.05) is 39.6 Å². The molecule has 114 valence electrons. The molecule has 0 saturated carbocycles. The van der Waals surface area contributed by atoms with E-state index >= 15 is 0 Å². The van der Waals surface area contributed by atoms with Crippen LogP contribution in [0.1, 0.15) is 12.8 Å². The van der Waals surface area contributed by atoms with Crippen LogP contribution in [0.4, 0.5) is 0 Å². The summed E-state index contributed by atoms with van der Waals surface area (Å²) in [5, 5.41) is 0. The van der Waals surface area contributed by atoms with Crippen LogP contribution >= 0.6 is 0 Å². The van der Waals surface area contributed by atoms with Gasteiger partial charge in [-0.3, -0.25) is 9.69 Å². The SMILES string of the molecule is NC(=O)C1=CC=C2CN3CCCC4(COCO4)C(C3)N2C1. The standard InChI is InChI=1S/C15H21N3O3/c16-14(19)11-2-3-12-7-17-5-1-4-15(9-20-10-21-15)13(8-17)18(12)6-11/h2-3,13H,1,4-10H2,(H2,16,19). The summed E-state index contributed by atoms with van der Waals surface area (Å²) >= 11 is 0. The number of fused-ring (bicyclic) bond motifs is 5. The molecule has 4 aliphatic rings. The number of primary amides is 1. The second-order valence-corrected chi connectivity index (χ2v) is 6.37. The largest absolute Gasteiger partial charge is 0.366 e. The van der Waals surface area contributed by atoms with Crippen molar-refractivity contribution in [3.63, 3.8) is 0 Å². The molecular weight excluding hydrogens is 270 g/mol. The van der Waals surface area contributed by atoms with Crippen LogP contribution in [-0.2, 0) is 14.3 Å². The number of nitrogens with two attached hydrogens (primary N) is 1. The zero-order valence-corrected chi connectivity index (χ0v) is 12.1. The lowest BCUT2D eigenvalue weighted by Gasteiger charge is -2.49. The number of piperazine rings is 1. The average molecular weight is 291 g/mol. The van der Waals surface area contributed by atoms with Crippen molar-refractivity contribution < 1.29 is 14.3 Å². The van der Waals surface area contributed by atoms with Crippen LogP contribution in [-0.4, -0.2) is 66.9 Å². The van der Waals surface area contributed by atoms with E-state index in [1.54, 1.807) is 0 Å². The monoisotopic (exact) mass is 291 g/mol. The van der Waals surface area contributed by atoms with Crippen molar-refractivity contribution in [2.45, 2.75) is 24.5 Å². The molecule has 1 amide bonds. The number of carbonyl (C=O) groups is 1. The maximum atomic E-state index is 11.5. The van der Waals surface area contributed by atoms with E-state index in [-0.39, 0.29) is 17.6 Å². The van der Waals surface area contributed by atoms with Crippen LogP contribution < -0.4 is 5.73 Å². The molecule has 6 nitrogen and oxygen atoms in total. The summed E-state index contributed by atoms with van der Waals surface area (Å²) in [4.78, 5) is 16.3. The highest BCUT2D eigenvalue weighted by Gasteiger charge is 2.51. The summed E-state index contributed by atoms with van der Waals surface area (Å²) in [6.07, 6.45) is 6.04. The van der Waals surface area contributed by atoms with Crippen LogP contribution in [0.15, 0.2) is 23.4 Å². The van der Waals surface area contributed by atoms with E-state index in [1.165, 1.54) is 5.70 Å². The Morgan fingerprint density at radius 2 is 2.29 bits per heavy atom. The second-order valence-electron chi connectivity index (χ2n) is 6.37. The Morgan fingerprint density at radius 3 is 3.05 bits per heavy atom. The Balaban J connectivity index is 1.70. The van der Waals surface area contributed by atoms with Crippen LogP contribution in [0.25, 0.3) is 0 Å². The Labute approximate surface area is 124 Å². The fraction of sp³-hybridized carbons (Fsp3) is 0.667. The molecule has 4 heterocycles. The van der Waals surface area contributed by atoms with Crippen LogP contribution in [0.5, 0.6) is 0 Å². The number of allylic oxidation sites excluding steroid dienone is 2. The number of amides is 1. The fourth-order valence-electron chi connectivity index (χ4n) is 4.02. The van der Waals surface area contributed by atoms with Gasteiger partial charge in [0.25, 0.3) is 0 Å². The lowest BCUT2D eigenvalue weighted by Crippen LogP contribution is -2.62. The predicted molar refractivity (Wildman–Crippen MR) is 76.2 cm³/mol. The van der Waals surface area contributed by atoms with E-state index < -0.39 is 0 Å². The molecule has 0 aliphatic carbocycles. The van der Waals surface area contributed by atoms with E-state index in [1.807, 2.05) is 12.2 Å². The highest BCUT2D eigenvalue weighted by atomic mass is 16.7. The number of nitrogens with zero attached hydrogens (tertiary/aromatic N) is 2. The molecule has 1 spiro atoms. The fourth-order valence-corrected chi connectivity index (χ4v) is 4.02. The summed E-state index contributed by atoms with van der Waals surface area (Å²) < 4.78 is 11.6. The molecule has 2 N–H and O–H groups in total. The third kappa shape index (κ3) is 2.09. The van der Waals surface area contributed by atoms with Crippen molar-refractivity contribution >= 4 is 5.91 Å². The van der Waals surface area contributed by atoms with E-state index in [0.717, 1.165) is 32.5 Å². The van der Waals surface area contributed by atoms with Crippen LogP contribution in [0.3, 0.4) is 0 Å². The molecule has 21 heavy (non-hydrogen) atoms. The topological polar surface area (TPSA) is 68.0 Å². The summed E-state index contributed by atoms with van der Waals surface area (Å²) in [6, 6.07) is 0.227. The van der Waals surface area contributed by atoms with Crippen LogP contribution in [0, 0.1) is 0 Å². The molecule has 3 atom stereocenters. The third-order valence-corrected chi connectivity index (χ3v) is 5.15. The molecular formula is C15H21N3O3. The van der Waals surface area contributed by atoms with Crippen molar-refractivity contribution in [3.05, 3.63) is 23.4 Å². The lowest BCUT2D eigenvalue weighted by molar-refractivity contribution is -0.115. The molecule has 6 heteroatoms. The third-order valence-electron chi connectivity index (χ3n) is 5.15. The molecule has 0 aromatic carbocycles. The smallest absolute Gasteiger partial charge is 0.246 e. The quantitative estimate of drug-likeness (QED) is 0.726. The highest BCUT2D eigenvalue weighted by molar-refractivity contribution is 5.93. The van der Waals surface area contributed by atoms with Crippen LogP contribution in [0.2, 0.25) is 0 Å². The Morgan fingerprint density at radius 1 is 1.38 bits per heavy atom. The zero-order chi connectivity index (χ0) is 14.4. The Bertz CT molecular complexity index is 522. The van der Waals surface area contributed by atoms with E-state index in [9.17, 15) is 4.79 Å². The molecule has 4 aliphatic heterocycles. The van der Waals surface area contributed by atoms with Crippen molar-refractivity contribution in [1.29, 1.82) is 0 Å². The summed E-state index contributed by atoms with van der Waals surface area (Å²) in [5.74, 6) is -0.334. The van der Waals surface area contributed by atoms with Gasteiger partial charge in [-0.05, 0) is 31.5 Å². The molecule has 0 aromatic rings. The predicted octanol–water partition coefficient (Wildman–Crippen LogP) is -0.181. The second kappa shape index (κ2) is 4.83. The average Bonchev–Trinajstić information content (AvgIpc) is 2.90. The van der Waals surface area contributed by atoms with Gasteiger partial charge in [-0.1, -0.05) is 0 Å². The summed E-state index contributed by atoms with van der Waals surface area (Å²) in [6.45, 7) is 4.61. The molecule has 3 fully saturated rings. The number of rotatable bonds is 1. The van der Waals surface area contributed by atoms with Gasteiger partial charge in [0.05, 0.1) is 12.6 Å². The normalized spacial score (nSPS) is 38.6. The molecule has 2 bridgehead atoms. The minimum Gasteiger partial charge on any atom is -0.366 e. The molecule has 0 radical (unpaired) electrons. The molecule has 3 saturated heterocycles. The van der Waals surface area contributed by atoms with Crippen molar-refractivity contribution in [1.82, 2.24) is 9.80 Å². The van der Waals surface area contributed by atoms with E-state index in [2.05, 4.69) is 9.80 Å². The first-order valence-electron chi connectivity index (χ1n) is 7.58. The maximum Gasteiger partial charge on any atom is 0.246 e. The summed E-state index contributed by atoms with van der Waals surface area (Å²) in [5.41, 5.74) is 7.15. The van der Waals surface area contributed by atoms with Crippen molar-refractivity contribution in [2.24, 2.45) is 5.73 Å². The van der Waals surface area contributed by atoms with E-state index in [4.69, 9.17) is 15.2 Å². The Kier molecular flexibility index (Phi) is 3.06. The first-order valence-corrected chi connectivity index (χ1v) is 7.58. The molecule has 4 rings (SSSR count). The highest BCUT2D eigenvalue weighted by Crippen LogP contribution is 2.39. The minimum atomic E-state index is -0.334. The van der Waals surface area contributed by atoms with Gasteiger partial charge >= 0.3 is 0 Å². The molecule has 0 aromatic heterocycles. The van der Waals surface area contributed by atoms with E-state index in [0.29, 0.717) is 25.5 Å². The molecule has 3 unspecified atom stereocenters. The van der Waals surface area contributed by atoms with Gasteiger partial charge < -0.3 is 20.1 Å². The number of hydrogen-bond acceptors (Lipinski definition) is 5. The number of ether oxygens (including phenoxy) is 2. The first-order chi connectivity index (χ1) is 10.2. The maximum absolute atomic E-state index is 11.5. The number of carbonyl (C=O) groups excluding carboxylic acids is 1. The first kappa shape index (κ1) is 13.3. The van der Waals surface area contributed by atoms with Gasteiger partial charge in [-0.15, -0.1) is 0 Å². The van der Waals surface area contributed by atoms with Crippen molar-refractivity contribution in [3.8, 4) is 0 Å². The van der Waals surface area contributed by atoms with Gasteiger partial charge in [0.2, 0.25) is 5.91 Å². The van der Waals surface area contributed by atoms with Gasteiger partial charge in [0, 0.05) is 30.9 Å². The minimum absolute atomic E-state index is 0.227.